The summed E-state index contributed by atoms with van der Waals surface area (Å²) in [5.74, 6) is 0. The van der Waals surface area contributed by atoms with Gasteiger partial charge in [-0.15, -0.1) is 11.3 Å². The highest BCUT2D eigenvalue weighted by Crippen LogP contribution is 2.25. The monoisotopic (exact) mass is 335 g/mol. The number of aryl methyl sites for hydroxylation is 2. The van der Waals surface area contributed by atoms with Crippen LogP contribution < -0.4 is 0 Å². The third kappa shape index (κ3) is 3.00. The molecule has 0 atom stereocenters. The molecule has 0 aliphatic heterocycles. The predicted molar refractivity (Wildman–Crippen MR) is 95.8 cm³/mol. The minimum absolute atomic E-state index is 0.701. The minimum atomic E-state index is 0.701. The SMILES string of the molecule is Cc1nc(Cn2ccc(-c3cccc(-c4cnn(C)c4)c3)n2)cs1. The van der Waals surface area contributed by atoms with Crippen LogP contribution in [0, 0.1) is 6.92 Å². The molecule has 0 N–H and O–H groups in total. The normalized spacial score (nSPS) is 11.1. The molecule has 6 heteroatoms. The fourth-order valence-corrected chi connectivity index (χ4v) is 3.28. The molecule has 0 spiro atoms. The summed E-state index contributed by atoms with van der Waals surface area (Å²) in [4.78, 5) is 4.49. The number of hydrogen-bond donors (Lipinski definition) is 0. The average Bonchev–Trinajstić information content (AvgIpc) is 3.30. The van der Waals surface area contributed by atoms with E-state index in [1.54, 1.807) is 11.3 Å². The van der Waals surface area contributed by atoms with Gasteiger partial charge < -0.3 is 0 Å². The van der Waals surface area contributed by atoms with Crippen LogP contribution >= 0.6 is 11.3 Å². The largest absolute Gasteiger partial charge is 0.275 e. The molecule has 0 aliphatic rings. The lowest BCUT2D eigenvalue weighted by molar-refractivity contribution is 0.677. The van der Waals surface area contributed by atoms with E-state index in [1.165, 1.54) is 0 Å². The summed E-state index contributed by atoms with van der Waals surface area (Å²) in [5.41, 5.74) is 5.37. The standard InChI is InChI=1S/C18H17N5S/c1-13-20-17(12-24-13)11-23-7-6-18(21-23)15-5-3-4-14(8-15)16-9-19-22(2)10-16/h3-10,12H,11H2,1-2H3. The van der Waals surface area contributed by atoms with Crippen LogP contribution in [0.3, 0.4) is 0 Å². The molecular formula is C18H17N5S. The van der Waals surface area contributed by atoms with Gasteiger partial charge in [-0.3, -0.25) is 9.36 Å². The molecule has 0 amide bonds. The van der Waals surface area contributed by atoms with Crippen molar-refractivity contribution in [3.8, 4) is 22.4 Å². The molecule has 4 aromatic rings. The van der Waals surface area contributed by atoms with Crippen LogP contribution in [0.25, 0.3) is 22.4 Å². The first kappa shape index (κ1) is 14.8. The van der Waals surface area contributed by atoms with Gasteiger partial charge in [-0.2, -0.15) is 10.2 Å². The Morgan fingerprint density at radius 1 is 1.12 bits per heavy atom. The van der Waals surface area contributed by atoms with Crippen molar-refractivity contribution in [3.05, 3.63) is 65.0 Å². The maximum absolute atomic E-state index is 4.69. The van der Waals surface area contributed by atoms with Crippen molar-refractivity contribution in [2.24, 2.45) is 7.05 Å². The Labute approximate surface area is 144 Å². The topological polar surface area (TPSA) is 48.5 Å². The van der Waals surface area contributed by atoms with Crippen LogP contribution in [0.5, 0.6) is 0 Å². The second-order valence-corrected chi connectivity index (χ2v) is 6.80. The fourth-order valence-electron chi connectivity index (χ4n) is 2.68. The van der Waals surface area contributed by atoms with E-state index in [1.807, 2.05) is 48.0 Å². The van der Waals surface area contributed by atoms with Crippen molar-refractivity contribution in [2.75, 3.05) is 0 Å². The van der Waals surface area contributed by atoms with E-state index in [9.17, 15) is 0 Å². The third-order valence-corrected chi connectivity index (χ3v) is 4.65. The van der Waals surface area contributed by atoms with Crippen LogP contribution in [0.2, 0.25) is 0 Å². The Morgan fingerprint density at radius 3 is 2.75 bits per heavy atom. The Balaban J connectivity index is 1.60. The maximum atomic E-state index is 4.69. The number of aromatic nitrogens is 5. The van der Waals surface area contributed by atoms with Gasteiger partial charge in [0.15, 0.2) is 0 Å². The third-order valence-electron chi connectivity index (χ3n) is 3.83. The maximum Gasteiger partial charge on any atom is 0.0923 e. The van der Waals surface area contributed by atoms with Crippen LogP contribution in [0.1, 0.15) is 10.7 Å². The van der Waals surface area contributed by atoms with Crippen molar-refractivity contribution in [1.29, 1.82) is 0 Å². The van der Waals surface area contributed by atoms with Crippen molar-refractivity contribution >= 4 is 11.3 Å². The molecule has 0 unspecified atom stereocenters. The Kier molecular flexibility index (Phi) is 3.74. The zero-order valence-corrected chi connectivity index (χ0v) is 14.4. The van der Waals surface area contributed by atoms with Gasteiger partial charge in [0.05, 0.1) is 29.1 Å². The van der Waals surface area contributed by atoms with E-state index in [-0.39, 0.29) is 0 Å². The van der Waals surface area contributed by atoms with E-state index in [4.69, 9.17) is 0 Å². The van der Waals surface area contributed by atoms with Crippen LogP contribution in [0.4, 0.5) is 0 Å². The molecule has 0 radical (unpaired) electrons. The van der Waals surface area contributed by atoms with Gasteiger partial charge in [-0.25, -0.2) is 4.98 Å². The summed E-state index contributed by atoms with van der Waals surface area (Å²) in [6.07, 6.45) is 5.89. The molecule has 0 bridgehead atoms. The summed E-state index contributed by atoms with van der Waals surface area (Å²) < 4.78 is 3.74. The van der Waals surface area contributed by atoms with Crippen molar-refractivity contribution in [3.63, 3.8) is 0 Å². The molecule has 5 nitrogen and oxygen atoms in total. The summed E-state index contributed by atoms with van der Waals surface area (Å²) in [6, 6.07) is 10.4. The van der Waals surface area contributed by atoms with Gasteiger partial charge >= 0.3 is 0 Å². The molecule has 0 saturated carbocycles. The van der Waals surface area contributed by atoms with Gasteiger partial charge in [-0.1, -0.05) is 18.2 Å². The highest BCUT2D eigenvalue weighted by molar-refractivity contribution is 7.09. The molecule has 4 rings (SSSR count). The van der Waals surface area contributed by atoms with Gasteiger partial charge in [-0.05, 0) is 24.6 Å². The first-order chi connectivity index (χ1) is 11.7. The molecule has 0 saturated heterocycles. The van der Waals surface area contributed by atoms with E-state index in [0.717, 1.165) is 33.1 Å². The lowest BCUT2D eigenvalue weighted by Crippen LogP contribution is -2.00. The zero-order valence-electron chi connectivity index (χ0n) is 13.5. The van der Waals surface area contributed by atoms with Gasteiger partial charge in [0.25, 0.3) is 0 Å². The summed E-state index contributed by atoms with van der Waals surface area (Å²) in [5, 5.41) is 12.1. The first-order valence-electron chi connectivity index (χ1n) is 7.71. The van der Waals surface area contributed by atoms with E-state index >= 15 is 0 Å². The number of benzene rings is 1. The zero-order chi connectivity index (χ0) is 16.5. The van der Waals surface area contributed by atoms with E-state index in [2.05, 4.69) is 44.8 Å². The summed E-state index contributed by atoms with van der Waals surface area (Å²) in [6.45, 7) is 2.72. The summed E-state index contributed by atoms with van der Waals surface area (Å²) in [7, 11) is 1.93. The van der Waals surface area contributed by atoms with E-state index in [0.29, 0.717) is 6.54 Å². The lowest BCUT2D eigenvalue weighted by atomic mass is 10.0. The molecule has 0 aliphatic carbocycles. The minimum Gasteiger partial charge on any atom is -0.275 e. The number of hydrogen-bond acceptors (Lipinski definition) is 4. The average molecular weight is 335 g/mol. The second kappa shape index (κ2) is 6.05. The molecule has 3 heterocycles. The highest BCUT2D eigenvalue weighted by atomic mass is 32.1. The molecular weight excluding hydrogens is 318 g/mol. The van der Waals surface area contributed by atoms with Crippen LogP contribution in [-0.4, -0.2) is 24.5 Å². The Hall–Kier alpha value is -2.73. The predicted octanol–water partition coefficient (Wildman–Crippen LogP) is 3.76. The second-order valence-electron chi connectivity index (χ2n) is 5.74. The highest BCUT2D eigenvalue weighted by Gasteiger charge is 2.07. The van der Waals surface area contributed by atoms with Crippen molar-refractivity contribution in [1.82, 2.24) is 24.5 Å². The Morgan fingerprint density at radius 2 is 2.00 bits per heavy atom. The van der Waals surface area contributed by atoms with Crippen LogP contribution in [0.15, 0.2) is 54.3 Å². The quantitative estimate of drug-likeness (QED) is 0.570. The molecule has 120 valence electrons. The van der Waals surface area contributed by atoms with Crippen molar-refractivity contribution in [2.45, 2.75) is 13.5 Å². The summed E-state index contributed by atoms with van der Waals surface area (Å²) >= 11 is 1.67. The smallest absolute Gasteiger partial charge is 0.0923 e. The molecule has 0 fully saturated rings. The lowest BCUT2D eigenvalue weighted by Gasteiger charge is -2.02. The van der Waals surface area contributed by atoms with Gasteiger partial charge in [0.1, 0.15) is 0 Å². The fraction of sp³-hybridized carbons (Fsp3) is 0.167. The van der Waals surface area contributed by atoms with Crippen LogP contribution in [-0.2, 0) is 13.6 Å². The van der Waals surface area contributed by atoms with E-state index < -0.39 is 0 Å². The first-order valence-corrected chi connectivity index (χ1v) is 8.59. The number of thiazole rings is 1. The molecule has 24 heavy (non-hydrogen) atoms. The number of nitrogens with zero attached hydrogens (tertiary/aromatic N) is 5. The Bertz CT molecular complexity index is 979. The van der Waals surface area contributed by atoms with Crippen molar-refractivity contribution < 1.29 is 0 Å². The molecule has 3 aromatic heterocycles. The number of rotatable bonds is 4. The van der Waals surface area contributed by atoms with Gasteiger partial charge in [0, 0.05) is 35.9 Å². The van der Waals surface area contributed by atoms with Gasteiger partial charge in [0.2, 0.25) is 0 Å². The molecule has 1 aromatic carbocycles.